The summed E-state index contributed by atoms with van der Waals surface area (Å²) < 4.78 is 0.824. The predicted octanol–water partition coefficient (Wildman–Crippen LogP) is 1.38. The zero-order valence-corrected chi connectivity index (χ0v) is 13.1. The van der Waals surface area contributed by atoms with E-state index in [4.69, 9.17) is 5.11 Å². The van der Waals surface area contributed by atoms with Crippen LogP contribution in [0, 0.1) is 3.57 Å². The highest BCUT2D eigenvalue weighted by molar-refractivity contribution is 14.1. The van der Waals surface area contributed by atoms with Crippen molar-refractivity contribution in [1.29, 1.82) is 0 Å². The second kappa shape index (κ2) is 7.44. The van der Waals surface area contributed by atoms with Gasteiger partial charge in [0.2, 0.25) is 0 Å². The Bertz CT molecular complexity index is 463. The van der Waals surface area contributed by atoms with Crippen LogP contribution < -0.4 is 0 Å². The fourth-order valence-electron chi connectivity index (χ4n) is 1.54. The van der Waals surface area contributed by atoms with E-state index in [1.807, 2.05) is 31.1 Å². The molecule has 5 nitrogen and oxygen atoms in total. The number of carbonyl (C=O) groups excluding carboxylic acids is 1. The molecule has 19 heavy (non-hydrogen) atoms. The number of benzene rings is 1. The van der Waals surface area contributed by atoms with Crippen molar-refractivity contribution in [2.75, 3.05) is 33.7 Å². The van der Waals surface area contributed by atoms with E-state index < -0.39 is 5.97 Å². The molecule has 1 rings (SSSR count). The Morgan fingerprint density at radius 3 is 2.37 bits per heavy atom. The number of rotatable bonds is 6. The number of halogens is 1. The Morgan fingerprint density at radius 2 is 1.84 bits per heavy atom. The van der Waals surface area contributed by atoms with E-state index in [0.29, 0.717) is 18.7 Å². The Kier molecular flexibility index (Phi) is 6.23. The maximum Gasteiger partial charge on any atom is 0.323 e. The summed E-state index contributed by atoms with van der Waals surface area (Å²) in [5, 5.41) is 8.90. The lowest BCUT2D eigenvalue weighted by Gasteiger charge is -2.23. The summed E-state index contributed by atoms with van der Waals surface area (Å²) >= 11 is 2.08. The number of carboxylic acid groups (broad SMARTS) is 1. The molecule has 104 valence electrons. The van der Waals surface area contributed by atoms with Gasteiger partial charge in [0.25, 0.3) is 5.91 Å². The minimum Gasteiger partial charge on any atom is -0.480 e. The average Bonchev–Trinajstić information content (AvgIpc) is 2.33. The Hall–Kier alpha value is -1.15. The molecule has 0 radical (unpaired) electrons. The predicted molar refractivity (Wildman–Crippen MR) is 81.3 cm³/mol. The summed E-state index contributed by atoms with van der Waals surface area (Å²) in [4.78, 5) is 26.5. The number of carboxylic acids is 1. The molecule has 1 amide bonds. The lowest BCUT2D eigenvalue weighted by atomic mass is 10.2. The van der Waals surface area contributed by atoms with Crippen LogP contribution in [0.4, 0.5) is 0 Å². The molecule has 1 aromatic carbocycles. The van der Waals surface area contributed by atoms with Gasteiger partial charge in [-0.2, -0.15) is 0 Å². The summed E-state index contributed by atoms with van der Waals surface area (Å²) in [5.41, 5.74) is 0.545. The molecule has 1 aromatic rings. The number of aliphatic carboxylic acids is 1. The number of likely N-dealkylation sites (N-methyl/N-ethyl adjacent to an activating group) is 1. The minimum absolute atomic E-state index is 0.241. The molecule has 0 saturated carbocycles. The third-order valence-corrected chi connectivity index (χ3v) is 3.48. The number of amides is 1. The molecule has 0 aliphatic heterocycles. The molecule has 0 bridgehead atoms. The second-order valence-corrected chi connectivity index (χ2v) is 5.57. The summed E-state index contributed by atoms with van der Waals surface area (Å²) in [6, 6.07) is 7.17. The molecule has 1 N–H and O–H groups in total. The molecular weight excluding hydrogens is 359 g/mol. The van der Waals surface area contributed by atoms with Crippen molar-refractivity contribution in [2.45, 2.75) is 0 Å². The van der Waals surface area contributed by atoms with E-state index in [9.17, 15) is 9.59 Å². The third-order valence-electron chi connectivity index (χ3n) is 2.53. The Labute approximate surface area is 126 Å². The summed E-state index contributed by atoms with van der Waals surface area (Å²) in [6.07, 6.45) is 0. The highest BCUT2D eigenvalue weighted by Crippen LogP contribution is 2.14. The van der Waals surface area contributed by atoms with Gasteiger partial charge < -0.3 is 14.9 Å². The SMILES string of the molecule is CN(C)CCN(CC(=O)O)C(=O)c1ccccc1I. The average molecular weight is 376 g/mol. The lowest BCUT2D eigenvalue weighted by molar-refractivity contribution is -0.137. The van der Waals surface area contributed by atoms with E-state index >= 15 is 0 Å². The molecule has 0 fully saturated rings. The smallest absolute Gasteiger partial charge is 0.323 e. The molecule has 0 unspecified atom stereocenters. The zero-order chi connectivity index (χ0) is 14.4. The molecule has 0 heterocycles. The van der Waals surface area contributed by atoms with Gasteiger partial charge in [-0.1, -0.05) is 12.1 Å². The van der Waals surface area contributed by atoms with Crippen LogP contribution in [0.2, 0.25) is 0 Å². The van der Waals surface area contributed by atoms with Gasteiger partial charge in [0.15, 0.2) is 0 Å². The first-order chi connectivity index (χ1) is 8.91. The number of carbonyl (C=O) groups is 2. The van der Waals surface area contributed by atoms with Crippen molar-refractivity contribution in [1.82, 2.24) is 9.80 Å². The van der Waals surface area contributed by atoms with Crippen LogP contribution in [0.3, 0.4) is 0 Å². The van der Waals surface area contributed by atoms with Crippen molar-refractivity contribution >= 4 is 34.5 Å². The molecule has 0 aliphatic carbocycles. The van der Waals surface area contributed by atoms with Gasteiger partial charge in [0.05, 0.1) is 5.56 Å². The normalized spacial score (nSPS) is 10.5. The molecule has 0 saturated heterocycles. The first-order valence-corrected chi connectivity index (χ1v) is 6.90. The molecular formula is C13H17IN2O3. The summed E-state index contributed by atoms with van der Waals surface area (Å²) in [6.45, 7) is 0.739. The van der Waals surface area contributed by atoms with Gasteiger partial charge in [-0.05, 0) is 48.8 Å². The van der Waals surface area contributed by atoms with Crippen molar-refractivity contribution in [3.8, 4) is 0 Å². The van der Waals surface area contributed by atoms with Gasteiger partial charge in [-0.25, -0.2) is 0 Å². The lowest BCUT2D eigenvalue weighted by Crippen LogP contribution is -2.40. The van der Waals surface area contributed by atoms with Crippen LogP contribution in [0.25, 0.3) is 0 Å². The summed E-state index contributed by atoms with van der Waals surface area (Å²) in [5.74, 6) is -1.24. The van der Waals surface area contributed by atoms with Crippen LogP contribution in [-0.4, -0.2) is 60.5 Å². The Morgan fingerprint density at radius 1 is 1.21 bits per heavy atom. The largest absolute Gasteiger partial charge is 0.480 e. The van der Waals surface area contributed by atoms with Crippen molar-refractivity contribution in [3.05, 3.63) is 33.4 Å². The number of hydrogen-bond donors (Lipinski definition) is 1. The zero-order valence-electron chi connectivity index (χ0n) is 11.0. The van der Waals surface area contributed by atoms with Crippen molar-refractivity contribution in [2.24, 2.45) is 0 Å². The molecule has 6 heteroatoms. The first kappa shape index (κ1) is 15.9. The maximum absolute atomic E-state index is 12.4. The number of hydrogen-bond acceptors (Lipinski definition) is 3. The van der Waals surface area contributed by atoms with Gasteiger partial charge in [-0.3, -0.25) is 9.59 Å². The number of nitrogens with zero attached hydrogens (tertiary/aromatic N) is 2. The fourth-order valence-corrected chi connectivity index (χ4v) is 2.16. The van der Waals surface area contributed by atoms with Crippen LogP contribution in [0.5, 0.6) is 0 Å². The van der Waals surface area contributed by atoms with Gasteiger partial charge in [0, 0.05) is 16.7 Å². The second-order valence-electron chi connectivity index (χ2n) is 4.40. The molecule has 0 atom stereocenters. The fraction of sp³-hybridized carbons (Fsp3) is 0.385. The van der Waals surface area contributed by atoms with Gasteiger partial charge in [0.1, 0.15) is 6.54 Å². The standard InChI is InChI=1S/C13H17IN2O3/c1-15(2)7-8-16(9-12(17)18)13(19)10-5-3-4-6-11(10)14/h3-6H,7-9H2,1-2H3,(H,17,18). The molecule has 0 spiro atoms. The molecule has 0 aliphatic rings. The van der Waals surface area contributed by atoms with Gasteiger partial charge >= 0.3 is 5.97 Å². The highest BCUT2D eigenvalue weighted by atomic mass is 127. The van der Waals surface area contributed by atoms with Crippen molar-refractivity contribution < 1.29 is 14.7 Å². The van der Waals surface area contributed by atoms with E-state index in [-0.39, 0.29) is 12.5 Å². The van der Waals surface area contributed by atoms with Crippen LogP contribution in [-0.2, 0) is 4.79 Å². The monoisotopic (exact) mass is 376 g/mol. The van der Waals surface area contributed by atoms with E-state index in [1.54, 1.807) is 12.1 Å². The van der Waals surface area contributed by atoms with Crippen LogP contribution >= 0.6 is 22.6 Å². The topological polar surface area (TPSA) is 60.9 Å². The first-order valence-electron chi connectivity index (χ1n) is 5.82. The van der Waals surface area contributed by atoms with Crippen LogP contribution in [0.15, 0.2) is 24.3 Å². The Balaban J connectivity index is 2.87. The van der Waals surface area contributed by atoms with E-state index in [1.165, 1.54) is 4.90 Å². The van der Waals surface area contributed by atoms with E-state index in [2.05, 4.69) is 22.6 Å². The molecule has 0 aromatic heterocycles. The van der Waals surface area contributed by atoms with Crippen molar-refractivity contribution in [3.63, 3.8) is 0 Å². The van der Waals surface area contributed by atoms with E-state index in [0.717, 1.165) is 3.57 Å². The van der Waals surface area contributed by atoms with Gasteiger partial charge in [-0.15, -0.1) is 0 Å². The summed E-state index contributed by atoms with van der Waals surface area (Å²) in [7, 11) is 3.77. The maximum atomic E-state index is 12.4. The third kappa shape index (κ3) is 5.15. The van der Waals surface area contributed by atoms with Crippen LogP contribution in [0.1, 0.15) is 10.4 Å². The quantitative estimate of drug-likeness (QED) is 0.763. The minimum atomic E-state index is -1.00. The highest BCUT2D eigenvalue weighted by Gasteiger charge is 2.20.